The van der Waals surface area contributed by atoms with Crippen molar-refractivity contribution < 1.29 is 23.7 Å². The number of H-pyrrole nitrogens is 1. The van der Waals surface area contributed by atoms with Gasteiger partial charge in [-0.1, -0.05) is 12.1 Å². The van der Waals surface area contributed by atoms with Gasteiger partial charge in [-0.15, -0.1) is 0 Å². The molecule has 4 heterocycles. The molecule has 2 aliphatic heterocycles. The maximum Gasteiger partial charge on any atom is 0.255 e. The molecule has 2 aromatic carbocycles. The second-order valence-electron chi connectivity index (χ2n) is 10.2. The Labute approximate surface area is 207 Å². The number of hydrogen-bond acceptors (Lipinski definition) is 7. The summed E-state index contributed by atoms with van der Waals surface area (Å²) in [6.07, 6.45) is -0.190. The molecule has 7 rings (SSSR count). The van der Waals surface area contributed by atoms with E-state index in [4.69, 9.17) is 28.7 Å². The van der Waals surface area contributed by atoms with Crippen molar-refractivity contribution in [1.82, 2.24) is 9.97 Å². The van der Waals surface area contributed by atoms with Crippen LogP contribution in [-0.4, -0.2) is 43.0 Å². The lowest BCUT2D eigenvalue weighted by atomic mass is 9.52. The Morgan fingerprint density at radius 1 is 0.917 bits per heavy atom. The largest absolute Gasteiger partial charge is 0.496 e. The summed E-state index contributed by atoms with van der Waals surface area (Å²) >= 11 is 0. The quantitative estimate of drug-likeness (QED) is 0.455. The van der Waals surface area contributed by atoms with Crippen LogP contribution in [0.5, 0.6) is 28.9 Å². The molecule has 8 nitrogen and oxygen atoms in total. The van der Waals surface area contributed by atoms with Gasteiger partial charge in [0.1, 0.15) is 28.7 Å². The van der Waals surface area contributed by atoms with E-state index in [0.717, 1.165) is 21.9 Å². The van der Waals surface area contributed by atoms with Gasteiger partial charge in [0.15, 0.2) is 11.5 Å². The minimum Gasteiger partial charge on any atom is -0.496 e. The summed E-state index contributed by atoms with van der Waals surface area (Å²) < 4.78 is 30.2. The van der Waals surface area contributed by atoms with Gasteiger partial charge in [0.25, 0.3) is 5.56 Å². The minimum absolute atomic E-state index is 0.0317. The van der Waals surface area contributed by atoms with Gasteiger partial charge in [-0.3, -0.25) is 4.79 Å². The molecule has 0 radical (unpaired) electrons. The van der Waals surface area contributed by atoms with Crippen molar-refractivity contribution >= 4 is 21.8 Å². The lowest BCUT2D eigenvalue weighted by molar-refractivity contribution is -0.109. The maximum atomic E-state index is 13.4. The van der Waals surface area contributed by atoms with Crippen LogP contribution in [0.2, 0.25) is 0 Å². The van der Waals surface area contributed by atoms with Crippen molar-refractivity contribution in [3.63, 3.8) is 0 Å². The average molecular weight is 487 g/mol. The van der Waals surface area contributed by atoms with Crippen molar-refractivity contribution in [2.45, 2.75) is 37.4 Å². The Hall–Kier alpha value is -3.94. The molecule has 1 saturated carbocycles. The maximum absolute atomic E-state index is 13.4. The Morgan fingerprint density at radius 3 is 2.44 bits per heavy atom. The molecule has 3 aliphatic rings. The Kier molecular flexibility index (Phi) is 4.19. The molecule has 4 aromatic rings. The number of aromatic nitrogens is 2. The molecule has 0 saturated heterocycles. The number of para-hydroxylation sites is 1. The average Bonchev–Trinajstić information content (AvgIpc) is 3.16. The topological polar surface area (TPSA) is 91.9 Å². The second-order valence-corrected chi connectivity index (χ2v) is 10.2. The van der Waals surface area contributed by atoms with E-state index in [1.165, 1.54) is 0 Å². The van der Waals surface area contributed by atoms with Crippen LogP contribution < -0.4 is 29.2 Å². The highest BCUT2D eigenvalue weighted by Crippen LogP contribution is 2.68. The highest BCUT2D eigenvalue weighted by molar-refractivity contribution is 5.94. The zero-order chi connectivity index (χ0) is 24.9. The smallest absolute Gasteiger partial charge is 0.255 e. The summed E-state index contributed by atoms with van der Waals surface area (Å²) in [7, 11) is 4.83. The predicted octanol–water partition coefficient (Wildman–Crippen LogP) is 4.53. The summed E-state index contributed by atoms with van der Waals surface area (Å²) in [5.41, 5.74) is 2.26. The lowest BCUT2D eigenvalue weighted by Crippen LogP contribution is -2.62. The van der Waals surface area contributed by atoms with E-state index in [1.807, 2.05) is 36.4 Å². The fourth-order valence-corrected chi connectivity index (χ4v) is 6.70. The van der Waals surface area contributed by atoms with Gasteiger partial charge >= 0.3 is 0 Å². The molecular formula is C28H26N2O6. The van der Waals surface area contributed by atoms with E-state index in [1.54, 1.807) is 21.3 Å². The number of aromatic amines is 1. The summed E-state index contributed by atoms with van der Waals surface area (Å²) in [6.45, 7) is 4.14. The summed E-state index contributed by atoms with van der Waals surface area (Å²) in [6, 6.07) is 11.5. The monoisotopic (exact) mass is 486 g/mol. The van der Waals surface area contributed by atoms with Crippen LogP contribution >= 0.6 is 0 Å². The molecule has 1 fully saturated rings. The molecule has 0 unspecified atom stereocenters. The van der Waals surface area contributed by atoms with Gasteiger partial charge < -0.3 is 28.7 Å². The number of methoxy groups -OCH3 is 3. The van der Waals surface area contributed by atoms with Crippen LogP contribution in [-0.2, 0) is 0 Å². The Morgan fingerprint density at radius 2 is 1.69 bits per heavy atom. The molecule has 1 N–H and O–H groups in total. The van der Waals surface area contributed by atoms with Crippen LogP contribution in [0.1, 0.15) is 36.8 Å². The number of rotatable bonds is 3. The summed E-state index contributed by atoms with van der Waals surface area (Å²) in [5.74, 6) is 2.73. The molecule has 2 aromatic heterocycles. The molecular weight excluding hydrogens is 460 g/mol. The van der Waals surface area contributed by atoms with E-state index in [-0.39, 0.29) is 29.4 Å². The van der Waals surface area contributed by atoms with Crippen molar-refractivity contribution in [3.05, 3.63) is 57.9 Å². The standard InChI is InChI=1S/C28H26N2O6/c1-28(2)20-16(18-23(36-28)12-8-6-7-9-14(12)29-26(18)31)17-19-22(33-4)13-10-11-15(32-3)24(34-5)21(13)30-27(19)35-25(17)20/h6-11,16-17,20,25H,1-5H3,(H,29,31)/t16-,17+,20+,25-/m0/s1. The molecule has 36 heavy (non-hydrogen) atoms. The van der Waals surface area contributed by atoms with Crippen molar-refractivity contribution in [1.29, 1.82) is 0 Å². The molecule has 8 heteroatoms. The van der Waals surface area contributed by atoms with Gasteiger partial charge in [0.05, 0.1) is 38.0 Å². The first-order chi connectivity index (χ1) is 17.4. The summed E-state index contributed by atoms with van der Waals surface area (Å²) in [4.78, 5) is 21.4. The minimum atomic E-state index is -0.551. The molecule has 0 amide bonds. The van der Waals surface area contributed by atoms with Crippen molar-refractivity contribution in [3.8, 4) is 28.9 Å². The molecule has 1 aliphatic carbocycles. The fraction of sp³-hybridized carbons (Fsp3) is 0.357. The van der Waals surface area contributed by atoms with Gasteiger partial charge in [-0.25, -0.2) is 4.98 Å². The van der Waals surface area contributed by atoms with E-state index >= 15 is 0 Å². The van der Waals surface area contributed by atoms with Gasteiger partial charge in [0.2, 0.25) is 5.88 Å². The molecule has 184 valence electrons. The van der Waals surface area contributed by atoms with Crippen LogP contribution in [0.25, 0.3) is 21.8 Å². The van der Waals surface area contributed by atoms with Gasteiger partial charge in [-0.2, -0.15) is 0 Å². The SMILES string of the molecule is COc1ccc2c(OC)c3c(nc2c1OC)O[C@H]1[C@@H]3[C@H]2c3c(c4ccccc4[nH]c3=O)OC(C)(C)[C@@H]12. The predicted molar refractivity (Wildman–Crippen MR) is 134 cm³/mol. The zero-order valence-corrected chi connectivity index (χ0v) is 20.7. The van der Waals surface area contributed by atoms with E-state index < -0.39 is 5.60 Å². The Balaban J connectivity index is 1.49. The third-order valence-corrected chi connectivity index (χ3v) is 8.13. The third kappa shape index (κ3) is 2.49. The first-order valence-corrected chi connectivity index (χ1v) is 12.0. The van der Waals surface area contributed by atoms with Crippen LogP contribution in [0, 0.1) is 5.92 Å². The van der Waals surface area contributed by atoms with Crippen LogP contribution in [0.3, 0.4) is 0 Å². The van der Waals surface area contributed by atoms with Gasteiger partial charge in [-0.05, 0) is 38.1 Å². The number of nitrogens with zero attached hydrogens (tertiary/aromatic N) is 1. The number of ether oxygens (including phenoxy) is 5. The fourth-order valence-electron chi connectivity index (χ4n) is 6.70. The second kappa shape index (κ2) is 7.06. The van der Waals surface area contributed by atoms with Crippen LogP contribution in [0.4, 0.5) is 0 Å². The van der Waals surface area contributed by atoms with E-state index in [9.17, 15) is 4.79 Å². The first-order valence-electron chi connectivity index (χ1n) is 12.0. The molecule has 4 atom stereocenters. The number of nitrogens with one attached hydrogen (secondary N) is 1. The van der Waals surface area contributed by atoms with Crippen molar-refractivity contribution in [2.24, 2.45) is 5.92 Å². The number of fused-ring (bicyclic) bond motifs is 11. The van der Waals surface area contributed by atoms with Gasteiger partial charge in [0, 0.05) is 28.5 Å². The van der Waals surface area contributed by atoms with E-state index in [0.29, 0.717) is 40.0 Å². The molecule has 0 bridgehead atoms. The van der Waals surface area contributed by atoms with E-state index in [2.05, 4.69) is 18.8 Å². The number of hydrogen-bond donors (Lipinski definition) is 1. The number of pyridine rings is 2. The highest BCUT2D eigenvalue weighted by Gasteiger charge is 2.67. The zero-order valence-electron chi connectivity index (χ0n) is 20.7. The first kappa shape index (κ1) is 21.4. The Bertz CT molecular complexity index is 1640. The molecule has 0 spiro atoms. The van der Waals surface area contributed by atoms with Crippen LogP contribution in [0.15, 0.2) is 41.2 Å². The number of benzene rings is 2. The highest BCUT2D eigenvalue weighted by atomic mass is 16.5. The third-order valence-electron chi connectivity index (χ3n) is 8.13. The lowest BCUT2D eigenvalue weighted by Gasteiger charge is -2.56. The summed E-state index contributed by atoms with van der Waals surface area (Å²) in [5, 5.41) is 1.71. The normalized spacial score (nSPS) is 24.5. The van der Waals surface area contributed by atoms with Crippen molar-refractivity contribution in [2.75, 3.05) is 21.3 Å².